The summed E-state index contributed by atoms with van der Waals surface area (Å²) in [4.78, 5) is 4.76. The van der Waals surface area contributed by atoms with Crippen molar-refractivity contribution in [2.45, 2.75) is 63.7 Å². The molecule has 26 heavy (non-hydrogen) atoms. The van der Waals surface area contributed by atoms with Crippen molar-refractivity contribution < 1.29 is 9.84 Å². The summed E-state index contributed by atoms with van der Waals surface area (Å²) in [7, 11) is 0. The Morgan fingerprint density at radius 1 is 1.15 bits per heavy atom. The Balaban J connectivity index is 1.54. The Morgan fingerprint density at radius 3 is 2.65 bits per heavy atom. The second kappa shape index (κ2) is 7.64. The van der Waals surface area contributed by atoms with E-state index in [0.29, 0.717) is 12.5 Å². The van der Waals surface area contributed by atoms with Crippen molar-refractivity contribution in [3.63, 3.8) is 0 Å². The van der Waals surface area contributed by atoms with Crippen molar-refractivity contribution in [2.75, 3.05) is 5.32 Å². The number of ether oxygens (including phenoxy) is 1. The standard InChI is InChI=1S/C21H27N3O2/c22-20(25)12-14-8-10-15(11-9-14)23-19-13-21(26-16-4-1-2-5-16)24-18-7-3-6-17(18)19/h8-11,13,16,20,25H,1-7,12,22H2,(H,23,24). The molecule has 1 heterocycles. The van der Waals surface area contributed by atoms with Crippen LogP contribution < -0.4 is 15.8 Å². The van der Waals surface area contributed by atoms with Crippen LogP contribution in [0.4, 0.5) is 11.4 Å². The van der Waals surface area contributed by atoms with Crippen LogP contribution in [0.1, 0.15) is 48.9 Å². The summed E-state index contributed by atoms with van der Waals surface area (Å²) in [5.41, 5.74) is 11.1. The first-order valence-corrected chi connectivity index (χ1v) is 9.66. The van der Waals surface area contributed by atoms with Gasteiger partial charge in [0.05, 0.1) is 0 Å². The minimum absolute atomic E-state index is 0.316. The second-order valence-electron chi connectivity index (χ2n) is 7.40. The number of aliphatic hydroxyl groups is 1. The van der Waals surface area contributed by atoms with Crippen LogP contribution in [0.2, 0.25) is 0 Å². The van der Waals surface area contributed by atoms with Crippen molar-refractivity contribution in [2.24, 2.45) is 5.73 Å². The first-order valence-electron chi connectivity index (χ1n) is 9.66. The molecule has 0 radical (unpaired) electrons. The number of anilines is 2. The van der Waals surface area contributed by atoms with Crippen molar-refractivity contribution in [3.05, 3.63) is 47.2 Å². The van der Waals surface area contributed by atoms with Crippen LogP contribution >= 0.6 is 0 Å². The Bertz CT molecular complexity index is 753. The number of nitrogens with zero attached hydrogens (tertiary/aromatic N) is 1. The van der Waals surface area contributed by atoms with E-state index in [1.165, 1.54) is 24.1 Å². The van der Waals surface area contributed by atoms with E-state index in [4.69, 9.17) is 15.5 Å². The summed E-state index contributed by atoms with van der Waals surface area (Å²) in [6.07, 6.45) is 7.98. The average molecular weight is 353 g/mol. The van der Waals surface area contributed by atoms with Gasteiger partial charge in [0.15, 0.2) is 0 Å². The van der Waals surface area contributed by atoms with Crippen LogP contribution in [0, 0.1) is 0 Å². The first-order chi connectivity index (χ1) is 12.7. The van der Waals surface area contributed by atoms with Crippen molar-refractivity contribution >= 4 is 11.4 Å². The van der Waals surface area contributed by atoms with Gasteiger partial charge < -0.3 is 20.9 Å². The molecular weight excluding hydrogens is 326 g/mol. The maximum absolute atomic E-state index is 9.30. The molecule has 2 aliphatic rings. The first kappa shape index (κ1) is 17.3. The van der Waals surface area contributed by atoms with Gasteiger partial charge in [0.1, 0.15) is 12.3 Å². The molecule has 0 amide bonds. The Hall–Kier alpha value is -2.11. The molecule has 2 aromatic rings. The highest BCUT2D eigenvalue weighted by atomic mass is 16.5. The van der Waals surface area contributed by atoms with Crippen LogP contribution in [-0.4, -0.2) is 22.4 Å². The minimum atomic E-state index is -0.812. The SMILES string of the molecule is NC(O)Cc1ccc(Nc2cc(OC3CCCC3)nc3c2CCC3)cc1. The third-order valence-corrected chi connectivity index (χ3v) is 5.29. The molecule has 1 aromatic heterocycles. The van der Waals surface area contributed by atoms with E-state index < -0.39 is 6.23 Å². The lowest BCUT2D eigenvalue weighted by molar-refractivity contribution is 0.183. The van der Waals surface area contributed by atoms with E-state index in [-0.39, 0.29) is 0 Å². The highest BCUT2D eigenvalue weighted by molar-refractivity contribution is 5.66. The molecular formula is C21H27N3O2. The number of rotatable bonds is 6. The summed E-state index contributed by atoms with van der Waals surface area (Å²) < 4.78 is 6.15. The van der Waals surface area contributed by atoms with E-state index in [1.54, 1.807) is 0 Å². The molecule has 4 rings (SSSR count). The highest BCUT2D eigenvalue weighted by Gasteiger charge is 2.22. The summed E-state index contributed by atoms with van der Waals surface area (Å²) in [6.45, 7) is 0. The van der Waals surface area contributed by atoms with Crippen molar-refractivity contribution in [1.82, 2.24) is 4.98 Å². The number of hydrogen-bond acceptors (Lipinski definition) is 5. The number of nitrogens with one attached hydrogen (secondary N) is 1. The molecule has 5 nitrogen and oxygen atoms in total. The molecule has 1 aromatic carbocycles. The molecule has 0 aliphatic heterocycles. The van der Waals surface area contributed by atoms with Gasteiger partial charge in [-0.3, -0.25) is 0 Å². The van der Waals surface area contributed by atoms with Gasteiger partial charge in [0, 0.05) is 29.6 Å². The predicted molar refractivity (Wildman–Crippen MR) is 103 cm³/mol. The molecule has 0 bridgehead atoms. The molecule has 2 aliphatic carbocycles. The molecule has 1 saturated carbocycles. The van der Waals surface area contributed by atoms with E-state index >= 15 is 0 Å². The number of pyridine rings is 1. The number of aryl methyl sites for hydroxylation is 1. The lowest BCUT2D eigenvalue weighted by atomic mass is 10.1. The highest BCUT2D eigenvalue weighted by Crippen LogP contribution is 2.34. The maximum Gasteiger partial charge on any atom is 0.215 e. The number of aromatic nitrogens is 1. The molecule has 1 atom stereocenters. The monoisotopic (exact) mass is 353 g/mol. The van der Waals surface area contributed by atoms with Gasteiger partial charge in [0.25, 0.3) is 0 Å². The third-order valence-electron chi connectivity index (χ3n) is 5.29. The van der Waals surface area contributed by atoms with E-state index in [9.17, 15) is 5.11 Å². The molecule has 138 valence electrons. The topological polar surface area (TPSA) is 80.4 Å². The van der Waals surface area contributed by atoms with Gasteiger partial charge in [-0.2, -0.15) is 0 Å². The van der Waals surface area contributed by atoms with E-state index in [1.807, 2.05) is 24.3 Å². The number of benzene rings is 1. The van der Waals surface area contributed by atoms with Crippen LogP contribution in [0.5, 0.6) is 5.88 Å². The number of fused-ring (bicyclic) bond motifs is 1. The van der Waals surface area contributed by atoms with E-state index in [0.717, 1.165) is 54.9 Å². The summed E-state index contributed by atoms with van der Waals surface area (Å²) in [5.74, 6) is 0.753. The minimum Gasteiger partial charge on any atom is -0.474 e. The van der Waals surface area contributed by atoms with Gasteiger partial charge >= 0.3 is 0 Å². The summed E-state index contributed by atoms with van der Waals surface area (Å²) in [5, 5.41) is 12.8. The zero-order valence-electron chi connectivity index (χ0n) is 15.1. The molecule has 1 fully saturated rings. The number of nitrogens with two attached hydrogens (primary N) is 1. The Labute approximate surface area is 154 Å². The lowest BCUT2D eigenvalue weighted by Gasteiger charge is -2.17. The van der Waals surface area contributed by atoms with E-state index in [2.05, 4.69) is 11.4 Å². The second-order valence-corrected chi connectivity index (χ2v) is 7.40. The zero-order chi connectivity index (χ0) is 17.9. The van der Waals surface area contributed by atoms with Gasteiger partial charge in [0.2, 0.25) is 5.88 Å². The lowest BCUT2D eigenvalue weighted by Crippen LogP contribution is -2.21. The van der Waals surface area contributed by atoms with Gasteiger partial charge in [-0.05, 0) is 68.2 Å². The van der Waals surface area contributed by atoms with Gasteiger partial charge in [-0.1, -0.05) is 12.1 Å². The zero-order valence-corrected chi connectivity index (χ0v) is 15.1. The average Bonchev–Trinajstić information content (AvgIpc) is 3.28. The fourth-order valence-corrected chi connectivity index (χ4v) is 3.99. The van der Waals surface area contributed by atoms with Crippen LogP contribution in [-0.2, 0) is 19.3 Å². The quantitative estimate of drug-likeness (QED) is 0.693. The number of aliphatic hydroxyl groups excluding tert-OH is 1. The smallest absolute Gasteiger partial charge is 0.215 e. The molecule has 0 saturated heterocycles. The Morgan fingerprint density at radius 2 is 1.92 bits per heavy atom. The Kier molecular flexibility index (Phi) is 5.09. The van der Waals surface area contributed by atoms with Crippen molar-refractivity contribution in [3.8, 4) is 5.88 Å². The summed E-state index contributed by atoms with van der Waals surface area (Å²) in [6, 6.07) is 10.1. The summed E-state index contributed by atoms with van der Waals surface area (Å²) >= 11 is 0. The van der Waals surface area contributed by atoms with Crippen molar-refractivity contribution in [1.29, 1.82) is 0 Å². The maximum atomic E-state index is 9.30. The number of hydrogen-bond donors (Lipinski definition) is 3. The molecule has 1 unspecified atom stereocenters. The molecule has 4 N–H and O–H groups in total. The largest absolute Gasteiger partial charge is 0.474 e. The van der Waals surface area contributed by atoms with Crippen LogP contribution in [0.3, 0.4) is 0 Å². The predicted octanol–water partition coefficient (Wildman–Crippen LogP) is 3.45. The fourth-order valence-electron chi connectivity index (χ4n) is 3.99. The molecule has 0 spiro atoms. The third kappa shape index (κ3) is 4.00. The molecule has 5 heteroatoms. The fraction of sp³-hybridized carbons (Fsp3) is 0.476. The van der Waals surface area contributed by atoms with Gasteiger partial charge in [-0.25, -0.2) is 4.98 Å². The van der Waals surface area contributed by atoms with Gasteiger partial charge in [-0.15, -0.1) is 0 Å². The van der Waals surface area contributed by atoms with Crippen LogP contribution in [0.25, 0.3) is 0 Å². The van der Waals surface area contributed by atoms with Crippen LogP contribution in [0.15, 0.2) is 30.3 Å². The normalized spacial score (nSPS) is 17.9.